The molecule has 0 spiro atoms. The lowest BCUT2D eigenvalue weighted by Gasteiger charge is -2.19. The highest BCUT2D eigenvalue weighted by Crippen LogP contribution is 2.29. The van der Waals surface area contributed by atoms with Crippen molar-refractivity contribution >= 4 is 34.8 Å². The smallest absolute Gasteiger partial charge is 0.257 e. The van der Waals surface area contributed by atoms with Crippen LogP contribution in [0, 0.1) is 5.82 Å². The van der Waals surface area contributed by atoms with Crippen molar-refractivity contribution in [2.45, 2.75) is 12.8 Å². The third kappa shape index (κ3) is 3.35. The number of hydrogen-bond donors (Lipinski definition) is 1. The predicted octanol–water partition coefficient (Wildman–Crippen LogP) is 3.86. The molecule has 2 amide bonds. The highest BCUT2D eigenvalue weighted by atomic mass is 35.5. The fraction of sp³-hybridized carbons (Fsp3) is 0.176. The van der Waals surface area contributed by atoms with E-state index < -0.39 is 11.7 Å². The Balaban J connectivity index is 1.92. The summed E-state index contributed by atoms with van der Waals surface area (Å²) in [6.45, 7) is 0.555. The van der Waals surface area contributed by atoms with Gasteiger partial charge in [0, 0.05) is 23.7 Å². The summed E-state index contributed by atoms with van der Waals surface area (Å²) in [5.74, 6) is -0.886. The second kappa shape index (κ2) is 6.38. The molecule has 4 nitrogen and oxygen atoms in total. The molecule has 0 saturated carbocycles. The Kier molecular flexibility index (Phi) is 4.30. The Morgan fingerprint density at radius 1 is 1.22 bits per heavy atom. The molecule has 1 fully saturated rings. The molecule has 3 rings (SSSR count). The van der Waals surface area contributed by atoms with Crippen molar-refractivity contribution in [2.75, 3.05) is 16.8 Å². The quantitative estimate of drug-likeness (QED) is 0.928. The number of anilines is 2. The number of hydrogen-bond acceptors (Lipinski definition) is 2. The lowest BCUT2D eigenvalue weighted by Crippen LogP contribution is -2.27. The van der Waals surface area contributed by atoms with Crippen molar-refractivity contribution in [3.8, 4) is 0 Å². The van der Waals surface area contributed by atoms with E-state index in [4.69, 9.17) is 11.6 Å². The van der Waals surface area contributed by atoms with Crippen LogP contribution < -0.4 is 10.2 Å². The fourth-order valence-corrected chi connectivity index (χ4v) is 2.75. The van der Waals surface area contributed by atoms with Crippen LogP contribution in [0.1, 0.15) is 23.2 Å². The molecule has 2 aromatic rings. The van der Waals surface area contributed by atoms with E-state index in [1.165, 1.54) is 18.2 Å². The van der Waals surface area contributed by atoms with Gasteiger partial charge in [-0.2, -0.15) is 0 Å². The molecule has 0 unspecified atom stereocenters. The maximum Gasteiger partial charge on any atom is 0.257 e. The number of nitrogens with one attached hydrogen (secondary N) is 1. The van der Waals surface area contributed by atoms with Gasteiger partial charge >= 0.3 is 0 Å². The number of benzene rings is 2. The van der Waals surface area contributed by atoms with Crippen LogP contribution in [0.15, 0.2) is 42.5 Å². The van der Waals surface area contributed by atoms with Crippen LogP contribution in [-0.2, 0) is 4.79 Å². The molecule has 0 bridgehead atoms. The topological polar surface area (TPSA) is 49.4 Å². The van der Waals surface area contributed by atoms with Gasteiger partial charge in [-0.3, -0.25) is 9.59 Å². The van der Waals surface area contributed by atoms with Gasteiger partial charge in [0.2, 0.25) is 5.91 Å². The number of nitrogens with zero attached hydrogens (tertiary/aromatic N) is 1. The first kappa shape index (κ1) is 15.5. The first-order valence-corrected chi connectivity index (χ1v) is 7.59. The van der Waals surface area contributed by atoms with Crippen LogP contribution >= 0.6 is 11.6 Å². The minimum Gasteiger partial charge on any atom is -0.322 e. The molecule has 1 heterocycles. The minimum atomic E-state index is -0.436. The largest absolute Gasteiger partial charge is 0.322 e. The van der Waals surface area contributed by atoms with E-state index in [-0.39, 0.29) is 5.91 Å². The number of amides is 2. The molecule has 0 radical (unpaired) electrons. The van der Waals surface area contributed by atoms with Crippen LogP contribution in [0.3, 0.4) is 0 Å². The number of rotatable bonds is 3. The normalized spacial score (nSPS) is 14.2. The van der Waals surface area contributed by atoms with Gasteiger partial charge in [-0.05, 0) is 42.8 Å². The van der Waals surface area contributed by atoms with Gasteiger partial charge in [0.1, 0.15) is 5.82 Å². The van der Waals surface area contributed by atoms with E-state index >= 15 is 0 Å². The van der Waals surface area contributed by atoms with Crippen molar-refractivity contribution in [3.63, 3.8) is 0 Å². The molecule has 6 heteroatoms. The lowest BCUT2D eigenvalue weighted by molar-refractivity contribution is -0.117. The Morgan fingerprint density at radius 3 is 2.74 bits per heavy atom. The lowest BCUT2D eigenvalue weighted by atomic mass is 10.1. The van der Waals surface area contributed by atoms with Crippen LogP contribution in [0.5, 0.6) is 0 Å². The van der Waals surface area contributed by atoms with Gasteiger partial charge in [0.15, 0.2) is 0 Å². The molecule has 0 aromatic heterocycles. The Labute approximate surface area is 137 Å². The van der Waals surface area contributed by atoms with Gasteiger partial charge in [-0.25, -0.2) is 4.39 Å². The van der Waals surface area contributed by atoms with E-state index in [0.29, 0.717) is 34.9 Å². The molecule has 1 aliphatic heterocycles. The highest BCUT2D eigenvalue weighted by Gasteiger charge is 2.26. The van der Waals surface area contributed by atoms with Crippen molar-refractivity contribution in [3.05, 3.63) is 58.9 Å². The number of halogens is 2. The van der Waals surface area contributed by atoms with E-state index in [1.54, 1.807) is 29.2 Å². The molecular formula is C17H14ClFN2O2. The minimum absolute atomic E-state index is 0.0351. The Hall–Kier alpha value is -2.40. The first-order chi connectivity index (χ1) is 11.0. The zero-order chi connectivity index (χ0) is 16.4. The molecule has 2 aromatic carbocycles. The second-order valence-electron chi connectivity index (χ2n) is 5.27. The third-order valence-electron chi connectivity index (χ3n) is 3.65. The summed E-state index contributed by atoms with van der Waals surface area (Å²) in [5, 5.41) is 3.08. The fourth-order valence-electron chi connectivity index (χ4n) is 2.59. The summed E-state index contributed by atoms with van der Waals surface area (Å²) in [4.78, 5) is 26.0. The zero-order valence-electron chi connectivity index (χ0n) is 12.2. The van der Waals surface area contributed by atoms with Gasteiger partial charge < -0.3 is 10.2 Å². The molecule has 1 aliphatic rings. The number of carbonyl (C=O) groups excluding carboxylic acids is 2. The summed E-state index contributed by atoms with van der Waals surface area (Å²) in [6.07, 6.45) is 1.20. The van der Waals surface area contributed by atoms with Crippen LogP contribution in [-0.4, -0.2) is 18.4 Å². The van der Waals surface area contributed by atoms with E-state index in [2.05, 4.69) is 5.32 Å². The molecule has 118 valence electrons. The van der Waals surface area contributed by atoms with E-state index in [9.17, 15) is 14.0 Å². The number of carbonyl (C=O) groups is 2. The summed E-state index contributed by atoms with van der Waals surface area (Å²) in [7, 11) is 0. The summed E-state index contributed by atoms with van der Waals surface area (Å²) >= 11 is 6.01. The molecule has 1 saturated heterocycles. The first-order valence-electron chi connectivity index (χ1n) is 7.21. The highest BCUT2D eigenvalue weighted by molar-refractivity contribution is 6.31. The van der Waals surface area contributed by atoms with E-state index in [1.807, 2.05) is 0 Å². The van der Waals surface area contributed by atoms with E-state index in [0.717, 1.165) is 6.42 Å². The molecule has 1 N–H and O–H groups in total. The zero-order valence-corrected chi connectivity index (χ0v) is 12.9. The van der Waals surface area contributed by atoms with Crippen LogP contribution in [0.4, 0.5) is 15.8 Å². The Bertz CT molecular complexity index is 779. The summed E-state index contributed by atoms with van der Waals surface area (Å²) < 4.78 is 13.2. The second-order valence-corrected chi connectivity index (χ2v) is 5.71. The van der Waals surface area contributed by atoms with Crippen LogP contribution in [0.25, 0.3) is 0 Å². The maximum absolute atomic E-state index is 13.2. The summed E-state index contributed by atoms with van der Waals surface area (Å²) in [6, 6.07) is 10.4. The summed E-state index contributed by atoms with van der Waals surface area (Å²) in [5.41, 5.74) is 1.16. The Morgan fingerprint density at radius 2 is 2.04 bits per heavy atom. The average molecular weight is 333 g/mol. The molecular weight excluding hydrogens is 319 g/mol. The molecule has 0 atom stereocenters. The average Bonchev–Trinajstić information content (AvgIpc) is 2.93. The van der Waals surface area contributed by atoms with Crippen LogP contribution in [0.2, 0.25) is 5.02 Å². The molecule has 23 heavy (non-hydrogen) atoms. The van der Waals surface area contributed by atoms with Crippen molar-refractivity contribution < 1.29 is 14.0 Å². The van der Waals surface area contributed by atoms with Crippen molar-refractivity contribution in [1.29, 1.82) is 0 Å². The standard InChI is InChI=1S/C17H14ClFN2O2/c18-11-6-7-14(15(9-11)21-8-2-5-16(21)22)17(23)20-13-4-1-3-12(19)10-13/h1,3-4,6-7,9-10H,2,5,8H2,(H,20,23). The maximum atomic E-state index is 13.2. The molecule has 0 aliphatic carbocycles. The van der Waals surface area contributed by atoms with Gasteiger partial charge in [0.25, 0.3) is 5.91 Å². The van der Waals surface area contributed by atoms with Gasteiger partial charge in [-0.1, -0.05) is 17.7 Å². The van der Waals surface area contributed by atoms with Crippen molar-refractivity contribution in [1.82, 2.24) is 0 Å². The third-order valence-corrected chi connectivity index (χ3v) is 3.89. The monoisotopic (exact) mass is 332 g/mol. The van der Waals surface area contributed by atoms with Crippen molar-refractivity contribution in [2.24, 2.45) is 0 Å². The predicted molar refractivity (Wildman–Crippen MR) is 87.4 cm³/mol. The van der Waals surface area contributed by atoms with Gasteiger partial charge in [0.05, 0.1) is 11.3 Å². The van der Waals surface area contributed by atoms with Gasteiger partial charge in [-0.15, -0.1) is 0 Å². The SMILES string of the molecule is O=C(Nc1cccc(F)c1)c1ccc(Cl)cc1N1CCCC1=O.